The van der Waals surface area contributed by atoms with E-state index in [0.717, 1.165) is 12.0 Å². The molecule has 0 saturated heterocycles. The summed E-state index contributed by atoms with van der Waals surface area (Å²) in [5.41, 5.74) is 2.30. The van der Waals surface area contributed by atoms with Crippen molar-refractivity contribution in [1.29, 1.82) is 0 Å². The van der Waals surface area contributed by atoms with Crippen LogP contribution in [0.25, 0.3) is 0 Å². The predicted molar refractivity (Wildman–Crippen MR) is 80.3 cm³/mol. The lowest BCUT2D eigenvalue weighted by atomic mass is 9.97. The molecule has 1 aromatic rings. The van der Waals surface area contributed by atoms with Gasteiger partial charge in [-0.15, -0.1) is 6.58 Å². The third-order valence-corrected chi connectivity index (χ3v) is 3.36. The van der Waals surface area contributed by atoms with Gasteiger partial charge in [-0.3, -0.25) is 0 Å². The second-order valence-electron chi connectivity index (χ2n) is 4.00. The zero-order chi connectivity index (χ0) is 13.4. The highest BCUT2D eigenvalue weighted by molar-refractivity contribution is 7.10. The quantitative estimate of drug-likeness (QED) is 0.588. The smallest absolute Gasteiger partial charge is 0.105 e. The summed E-state index contributed by atoms with van der Waals surface area (Å²) >= 11 is 0. The highest BCUT2D eigenvalue weighted by Gasteiger charge is 2.17. The summed E-state index contributed by atoms with van der Waals surface area (Å²) in [6, 6.07) is 8.03. The largest absolute Gasteiger partial charge is 0.390 e. The van der Waals surface area contributed by atoms with Crippen molar-refractivity contribution in [3.05, 3.63) is 48.0 Å². The topological polar surface area (TPSA) is 38.7 Å². The van der Waals surface area contributed by atoms with Gasteiger partial charge in [0.05, 0.1) is 12.7 Å². The molecule has 0 aliphatic carbocycles. The minimum atomic E-state index is -0.599. The van der Waals surface area contributed by atoms with Gasteiger partial charge in [-0.2, -0.15) is 0 Å². The Morgan fingerprint density at radius 2 is 1.94 bits per heavy atom. The van der Waals surface area contributed by atoms with Crippen LogP contribution in [0.4, 0.5) is 0 Å². The lowest BCUT2D eigenvalue weighted by Crippen LogP contribution is -2.27. The Morgan fingerprint density at radius 3 is 2.50 bits per heavy atom. The highest BCUT2D eigenvalue weighted by Crippen LogP contribution is 2.16. The lowest BCUT2D eigenvalue weighted by Gasteiger charge is -2.19. The summed E-state index contributed by atoms with van der Waals surface area (Å²) in [5, 5.41) is 10.1. The molecule has 0 spiro atoms. The maximum Gasteiger partial charge on any atom is 0.105 e. The first-order valence-electron chi connectivity index (χ1n) is 5.77. The van der Waals surface area contributed by atoms with E-state index >= 15 is 0 Å². The van der Waals surface area contributed by atoms with Crippen molar-refractivity contribution in [2.75, 3.05) is 6.61 Å². The standard InChI is InChI=1S/C13H20O3P2/c1-2-13(16-18)12(14)9-11-6-4-3-5-10(11)7-8-15-17/h2-6,12-14H,1,7-9,17-18H2. The summed E-state index contributed by atoms with van der Waals surface area (Å²) in [6.45, 7) is 4.29. The summed E-state index contributed by atoms with van der Waals surface area (Å²) < 4.78 is 10.1. The third kappa shape index (κ3) is 4.76. The van der Waals surface area contributed by atoms with Crippen molar-refractivity contribution in [2.24, 2.45) is 0 Å². The van der Waals surface area contributed by atoms with E-state index in [1.165, 1.54) is 5.56 Å². The van der Waals surface area contributed by atoms with E-state index in [1.807, 2.05) is 18.2 Å². The van der Waals surface area contributed by atoms with E-state index in [2.05, 4.69) is 31.6 Å². The fourth-order valence-electron chi connectivity index (χ4n) is 1.81. The molecule has 0 aliphatic rings. The number of rotatable bonds is 8. The minimum absolute atomic E-state index is 0.374. The van der Waals surface area contributed by atoms with Gasteiger partial charge in [0, 0.05) is 25.4 Å². The zero-order valence-corrected chi connectivity index (χ0v) is 12.6. The summed E-state index contributed by atoms with van der Waals surface area (Å²) in [6.07, 6.45) is 2.00. The van der Waals surface area contributed by atoms with Gasteiger partial charge in [0.25, 0.3) is 0 Å². The molecule has 1 N–H and O–H groups in total. The van der Waals surface area contributed by atoms with E-state index < -0.39 is 6.10 Å². The molecule has 4 unspecified atom stereocenters. The molecule has 0 amide bonds. The first-order valence-corrected chi connectivity index (χ1v) is 6.71. The molecular weight excluding hydrogens is 266 g/mol. The maximum atomic E-state index is 10.1. The van der Waals surface area contributed by atoms with Gasteiger partial charge in [0.1, 0.15) is 6.10 Å². The molecule has 0 aliphatic heterocycles. The van der Waals surface area contributed by atoms with E-state index in [1.54, 1.807) is 6.08 Å². The normalized spacial score (nSPS) is 14.2. The van der Waals surface area contributed by atoms with Gasteiger partial charge in [-0.25, -0.2) is 0 Å². The molecule has 4 atom stereocenters. The summed E-state index contributed by atoms with van der Waals surface area (Å²) in [5.74, 6) is 0. The molecule has 100 valence electrons. The van der Waals surface area contributed by atoms with Crippen molar-refractivity contribution in [2.45, 2.75) is 25.0 Å². The molecule has 0 radical (unpaired) electrons. The number of benzene rings is 1. The van der Waals surface area contributed by atoms with Crippen LogP contribution in [0.2, 0.25) is 0 Å². The molecule has 0 aromatic heterocycles. The van der Waals surface area contributed by atoms with E-state index in [9.17, 15) is 5.11 Å². The second-order valence-corrected chi connectivity index (χ2v) is 4.60. The van der Waals surface area contributed by atoms with Crippen LogP contribution in [0, 0.1) is 0 Å². The molecule has 0 bridgehead atoms. The molecular formula is C13H20O3P2. The van der Waals surface area contributed by atoms with Gasteiger partial charge in [-0.05, 0) is 17.5 Å². The molecule has 0 saturated carbocycles. The Labute approximate surface area is 113 Å². The van der Waals surface area contributed by atoms with Crippen LogP contribution in [-0.2, 0) is 21.9 Å². The molecule has 0 fully saturated rings. The van der Waals surface area contributed by atoms with Crippen LogP contribution in [0.5, 0.6) is 0 Å². The average molecular weight is 286 g/mol. The average Bonchev–Trinajstić information content (AvgIpc) is 2.39. The molecule has 5 heteroatoms. The molecule has 1 rings (SSSR count). The van der Waals surface area contributed by atoms with Gasteiger partial charge in [0.2, 0.25) is 0 Å². The monoisotopic (exact) mass is 286 g/mol. The van der Waals surface area contributed by atoms with Crippen LogP contribution in [0.3, 0.4) is 0 Å². The third-order valence-electron chi connectivity index (χ3n) is 2.81. The Morgan fingerprint density at radius 1 is 1.28 bits per heavy atom. The Balaban J connectivity index is 2.73. The molecule has 18 heavy (non-hydrogen) atoms. The number of aliphatic hydroxyl groups is 1. The number of hydrogen-bond donors (Lipinski definition) is 1. The van der Waals surface area contributed by atoms with E-state index in [-0.39, 0.29) is 6.10 Å². The van der Waals surface area contributed by atoms with Crippen LogP contribution in [0.1, 0.15) is 11.1 Å². The fourth-order valence-corrected chi connectivity index (χ4v) is 2.22. The Bertz CT molecular complexity index is 371. The molecule has 1 aromatic carbocycles. The van der Waals surface area contributed by atoms with Crippen molar-refractivity contribution in [1.82, 2.24) is 0 Å². The van der Waals surface area contributed by atoms with Crippen LogP contribution < -0.4 is 0 Å². The Hall–Kier alpha value is -0.300. The molecule has 0 heterocycles. The van der Waals surface area contributed by atoms with E-state index in [4.69, 9.17) is 9.05 Å². The van der Waals surface area contributed by atoms with Gasteiger partial charge < -0.3 is 14.2 Å². The van der Waals surface area contributed by atoms with Crippen LogP contribution >= 0.6 is 18.9 Å². The zero-order valence-electron chi connectivity index (χ0n) is 10.3. The summed E-state index contributed by atoms with van der Waals surface area (Å²) in [4.78, 5) is 0. The maximum absolute atomic E-state index is 10.1. The Kier molecular flexibility index (Phi) is 7.65. The van der Waals surface area contributed by atoms with Crippen molar-refractivity contribution in [3.63, 3.8) is 0 Å². The van der Waals surface area contributed by atoms with Gasteiger partial charge >= 0.3 is 0 Å². The fraction of sp³-hybridized carbons (Fsp3) is 0.385. The van der Waals surface area contributed by atoms with Crippen molar-refractivity contribution in [3.8, 4) is 0 Å². The second kappa shape index (κ2) is 8.74. The number of hydrogen-bond acceptors (Lipinski definition) is 3. The number of aliphatic hydroxyl groups excluding tert-OH is 1. The van der Waals surface area contributed by atoms with Crippen LogP contribution in [0.15, 0.2) is 36.9 Å². The van der Waals surface area contributed by atoms with Gasteiger partial charge in [0.15, 0.2) is 0 Å². The minimum Gasteiger partial charge on any atom is -0.390 e. The van der Waals surface area contributed by atoms with E-state index in [0.29, 0.717) is 13.0 Å². The van der Waals surface area contributed by atoms with Crippen molar-refractivity contribution >= 4 is 18.9 Å². The first kappa shape index (κ1) is 15.8. The SMILES string of the molecule is C=CC(OP)C(O)Cc1ccccc1CCOP. The first-order chi connectivity index (χ1) is 8.72. The molecule has 3 nitrogen and oxygen atoms in total. The predicted octanol–water partition coefficient (Wildman–Crippen LogP) is 2.30. The highest BCUT2D eigenvalue weighted by atomic mass is 31.0. The van der Waals surface area contributed by atoms with Crippen LogP contribution in [-0.4, -0.2) is 23.9 Å². The van der Waals surface area contributed by atoms with Gasteiger partial charge in [-0.1, -0.05) is 30.3 Å². The lowest BCUT2D eigenvalue weighted by molar-refractivity contribution is 0.0761. The summed E-state index contributed by atoms with van der Waals surface area (Å²) in [7, 11) is 4.41. The van der Waals surface area contributed by atoms with Crippen molar-refractivity contribution < 1.29 is 14.2 Å².